The standard InChI is InChI=1S/C14H20O2.ClH/c1-11(12-7-3-4-8-13(12)15)14(16)9-5-2-6-10-14;/h3-4,7-8,11,15-16H,2,5-6,9-10H2,1H3;1H. The first-order chi connectivity index (χ1) is 7.63. The van der Waals surface area contributed by atoms with Crippen LogP contribution >= 0.6 is 12.4 Å². The van der Waals surface area contributed by atoms with Crippen LogP contribution in [0.1, 0.15) is 50.5 Å². The molecule has 2 nitrogen and oxygen atoms in total. The van der Waals surface area contributed by atoms with Crippen LogP contribution in [0.15, 0.2) is 24.3 Å². The maximum Gasteiger partial charge on any atom is 0.119 e. The molecule has 3 heteroatoms. The van der Waals surface area contributed by atoms with Crippen LogP contribution in [0.25, 0.3) is 0 Å². The van der Waals surface area contributed by atoms with Crippen LogP contribution in [0.2, 0.25) is 0 Å². The van der Waals surface area contributed by atoms with Gasteiger partial charge in [-0.2, -0.15) is 0 Å². The summed E-state index contributed by atoms with van der Waals surface area (Å²) in [5.74, 6) is 0.308. The van der Waals surface area contributed by atoms with Crippen molar-refractivity contribution in [2.75, 3.05) is 0 Å². The van der Waals surface area contributed by atoms with Gasteiger partial charge in [0.25, 0.3) is 0 Å². The summed E-state index contributed by atoms with van der Waals surface area (Å²) in [4.78, 5) is 0. The number of benzene rings is 1. The van der Waals surface area contributed by atoms with Gasteiger partial charge in [0.1, 0.15) is 5.75 Å². The SMILES string of the molecule is CC(c1ccccc1O)C1(O)CCCCC1.Cl. The van der Waals surface area contributed by atoms with Crippen LogP contribution in [0, 0.1) is 0 Å². The van der Waals surface area contributed by atoms with Gasteiger partial charge < -0.3 is 10.2 Å². The predicted octanol–water partition coefficient (Wildman–Crippen LogP) is 3.61. The third kappa shape index (κ3) is 2.93. The topological polar surface area (TPSA) is 40.5 Å². The van der Waals surface area contributed by atoms with E-state index in [2.05, 4.69) is 0 Å². The van der Waals surface area contributed by atoms with Gasteiger partial charge in [0.15, 0.2) is 0 Å². The molecule has 1 aliphatic rings. The predicted molar refractivity (Wildman–Crippen MR) is 71.8 cm³/mol. The van der Waals surface area contributed by atoms with Crippen LogP contribution in [0.4, 0.5) is 0 Å². The Labute approximate surface area is 109 Å². The van der Waals surface area contributed by atoms with Crippen LogP contribution in [-0.4, -0.2) is 15.8 Å². The molecule has 0 bridgehead atoms. The van der Waals surface area contributed by atoms with E-state index in [9.17, 15) is 10.2 Å². The molecule has 2 rings (SSSR count). The number of para-hydroxylation sites is 1. The molecule has 0 heterocycles. The third-order valence-corrected chi connectivity index (χ3v) is 3.93. The van der Waals surface area contributed by atoms with Crippen molar-refractivity contribution in [3.8, 4) is 5.75 Å². The highest BCUT2D eigenvalue weighted by Crippen LogP contribution is 2.41. The fourth-order valence-corrected chi connectivity index (χ4v) is 2.74. The second-order valence-electron chi connectivity index (χ2n) is 4.94. The number of phenolic OH excluding ortho intramolecular Hbond substituents is 1. The minimum atomic E-state index is -0.628. The van der Waals surface area contributed by atoms with Gasteiger partial charge in [-0.15, -0.1) is 12.4 Å². The summed E-state index contributed by atoms with van der Waals surface area (Å²) < 4.78 is 0. The van der Waals surface area contributed by atoms with Gasteiger partial charge in [-0.3, -0.25) is 0 Å². The van der Waals surface area contributed by atoms with E-state index >= 15 is 0 Å². The Morgan fingerprint density at radius 1 is 1.12 bits per heavy atom. The molecule has 1 aliphatic carbocycles. The van der Waals surface area contributed by atoms with E-state index in [1.807, 2.05) is 25.1 Å². The number of hydrogen-bond donors (Lipinski definition) is 2. The lowest BCUT2D eigenvalue weighted by Gasteiger charge is -2.37. The zero-order valence-corrected chi connectivity index (χ0v) is 11.0. The first kappa shape index (κ1) is 14.3. The van der Waals surface area contributed by atoms with E-state index in [0.29, 0.717) is 5.75 Å². The van der Waals surface area contributed by atoms with E-state index in [1.165, 1.54) is 6.42 Å². The van der Waals surface area contributed by atoms with Crippen LogP contribution in [-0.2, 0) is 0 Å². The molecule has 0 saturated heterocycles. The first-order valence-corrected chi connectivity index (χ1v) is 6.14. The number of aliphatic hydroxyl groups is 1. The fourth-order valence-electron chi connectivity index (χ4n) is 2.74. The smallest absolute Gasteiger partial charge is 0.119 e. The molecule has 1 fully saturated rings. The lowest BCUT2D eigenvalue weighted by atomic mass is 9.73. The van der Waals surface area contributed by atoms with Gasteiger partial charge in [-0.1, -0.05) is 44.4 Å². The minimum Gasteiger partial charge on any atom is -0.508 e. The molecular weight excluding hydrogens is 236 g/mol. The normalized spacial score (nSPS) is 20.4. The number of phenols is 1. The quantitative estimate of drug-likeness (QED) is 0.849. The molecule has 1 saturated carbocycles. The van der Waals surface area contributed by atoms with E-state index in [1.54, 1.807) is 6.07 Å². The van der Waals surface area contributed by atoms with E-state index in [-0.39, 0.29) is 18.3 Å². The highest BCUT2D eigenvalue weighted by Gasteiger charge is 2.36. The molecule has 17 heavy (non-hydrogen) atoms. The number of aromatic hydroxyl groups is 1. The molecule has 2 N–H and O–H groups in total. The Kier molecular flexibility index (Phi) is 4.84. The molecule has 1 aromatic carbocycles. The molecule has 0 amide bonds. The average molecular weight is 257 g/mol. The summed E-state index contributed by atoms with van der Waals surface area (Å²) in [5.41, 5.74) is 0.240. The Morgan fingerprint density at radius 2 is 1.71 bits per heavy atom. The maximum atomic E-state index is 10.6. The van der Waals surface area contributed by atoms with Crippen molar-refractivity contribution in [1.29, 1.82) is 0 Å². The van der Waals surface area contributed by atoms with E-state index in [4.69, 9.17) is 0 Å². The van der Waals surface area contributed by atoms with Crippen molar-refractivity contribution in [3.05, 3.63) is 29.8 Å². The van der Waals surface area contributed by atoms with Crippen molar-refractivity contribution >= 4 is 12.4 Å². The average Bonchev–Trinajstić information content (AvgIpc) is 2.30. The van der Waals surface area contributed by atoms with E-state index in [0.717, 1.165) is 31.2 Å². The van der Waals surface area contributed by atoms with Gasteiger partial charge in [0, 0.05) is 5.92 Å². The molecule has 1 atom stereocenters. The Morgan fingerprint density at radius 3 is 2.29 bits per heavy atom. The summed E-state index contributed by atoms with van der Waals surface area (Å²) in [6, 6.07) is 7.33. The van der Waals surface area contributed by atoms with Crippen LogP contribution in [0.5, 0.6) is 5.75 Å². The Balaban J connectivity index is 0.00000144. The Hall–Kier alpha value is -0.730. The van der Waals surface area contributed by atoms with Gasteiger partial charge in [-0.25, -0.2) is 0 Å². The highest BCUT2D eigenvalue weighted by atomic mass is 35.5. The van der Waals surface area contributed by atoms with Gasteiger partial charge in [-0.05, 0) is 24.5 Å². The molecular formula is C14H21ClO2. The summed E-state index contributed by atoms with van der Waals surface area (Å²) in [5, 5.41) is 20.4. The molecule has 96 valence electrons. The second kappa shape index (κ2) is 5.74. The zero-order chi connectivity index (χ0) is 11.6. The maximum absolute atomic E-state index is 10.6. The third-order valence-electron chi connectivity index (χ3n) is 3.93. The monoisotopic (exact) mass is 256 g/mol. The highest BCUT2D eigenvalue weighted by molar-refractivity contribution is 5.85. The summed E-state index contributed by atoms with van der Waals surface area (Å²) >= 11 is 0. The molecule has 0 aliphatic heterocycles. The number of halogens is 1. The fraction of sp³-hybridized carbons (Fsp3) is 0.571. The van der Waals surface area contributed by atoms with Crippen LogP contribution in [0.3, 0.4) is 0 Å². The van der Waals surface area contributed by atoms with Crippen molar-refractivity contribution in [3.63, 3.8) is 0 Å². The molecule has 0 spiro atoms. The molecule has 0 radical (unpaired) electrons. The molecule has 1 unspecified atom stereocenters. The summed E-state index contributed by atoms with van der Waals surface area (Å²) in [6.07, 6.45) is 5.10. The number of hydrogen-bond acceptors (Lipinski definition) is 2. The van der Waals surface area contributed by atoms with Gasteiger partial charge in [0.2, 0.25) is 0 Å². The minimum absolute atomic E-state index is 0. The largest absolute Gasteiger partial charge is 0.508 e. The van der Waals surface area contributed by atoms with Gasteiger partial charge >= 0.3 is 0 Å². The number of rotatable bonds is 2. The van der Waals surface area contributed by atoms with Crippen molar-refractivity contribution < 1.29 is 10.2 Å². The lowest BCUT2D eigenvalue weighted by Crippen LogP contribution is -2.37. The lowest BCUT2D eigenvalue weighted by molar-refractivity contribution is -0.0174. The molecule has 1 aromatic rings. The van der Waals surface area contributed by atoms with Gasteiger partial charge in [0.05, 0.1) is 5.60 Å². The van der Waals surface area contributed by atoms with Crippen molar-refractivity contribution in [2.24, 2.45) is 0 Å². The van der Waals surface area contributed by atoms with Crippen molar-refractivity contribution in [1.82, 2.24) is 0 Å². The van der Waals surface area contributed by atoms with Crippen LogP contribution < -0.4 is 0 Å². The van der Waals surface area contributed by atoms with E-state index < -0.39 is 5.60 Å². The Bertz CT molecular complexity index is 359. The van der Waals surface area contributed by atoms with Crippen molar-refractivity contribution in [2.45, 2.75) is 50.5 Å². The first-order valence-electron chi connectivity index (χ1n) is 6.14. The summed E-state index contributed by atoms with van der Waals surface area (Å²) in [7, 11) is 0. The molecule has 0 aromatic heterocycles. The summed E-state index contributed by atoms with van der Waals surface area (Å²) in [6.45, 7) is 2.01. The zero-order valence-electron chi connectivity index (χ0n) is 10.2. The second-order valence-corrected chi connectivity index (χ2v) is 4.94.